The molecule has 0 radical (unpaired) electrons. The Kier molecular flexibility index (Phi) is 5.14. The standard InChI is InChI=1S/C15H21N3O2S/c1-10-12(11(2)20-17-10)8-15(19)16-9-13(18(3)4)14-6-5-7-21-14/h5-7,13H,8-9H2,1-4H3,(H,16,19). The largest absolute Gasteiger partial charge is 0.361 e. The average molecular weight is 307 g/mol. The molecule has 0 aliphatic rings. The highest BCUT2D eigenvalue weighted by Crippen LogP contribution is 2.22. The number of nitrogens with zero attached hydrogens (tertiary/aromatic N) is 2. The minimum absolute atomic E-state index is 0.00666. The van der Waals surface area contributed by atoms with Crippen LogP contribution in [0.5, 0.6) is 0 Å². The molecule has 2 aromatic heterocycles. The first-order valence-electron chi connectivity index (χ1n) is 6.87. The molecule has 1 amide bonds. The lowest BCUT2D eigenvalue weighted by Gasteiger charge is -2.23. The Bertz CT molecular complexity index is 571. The Hall–Kier alpha value is -1.66. The number of likely N-dealkylation sites (N-methyl/N-ethyl adjacent to an activating group) is 1. The SMILES string of the molecule is Cc1noc(C)c1CC(=O)NCC(c1cccs1)N(C)C. The van der Waals surface area contributed by atoms with Crippen LogP contribution in [0.25, 0.3) is 0 Å². The van der Waals surface area contributed by atoms with Gasteiger partial charge in [-0.3, -0.25) is 4.79 Å². The number of hydrogen-bond donors (Lipinski definition) is 1. The summed E-state index contributed by atoms with van der Waals surface area (Å²) in [6.07, 6.45) is 0.311. The molecule has 6 heteroatoms. The monoisotopic (exact) mass is 307 g/mol. The second kappa shape index (κ2) is 6.87. The smallest absolute Gasteiger partial charge is 0.224 e. The number of aromatic nitrogens is 1. The Balaban J connectivity index is 1.94. The van der Waals surface area contributed by atoms with Crippen molar-refractivity contribution in [2.75, 3.05) is 20.6 Å². The first-order valence-corrected chi connectivity index (χ1v) is 7.75. The van der Waals surface area contributed by atoms with Crippen LogP contribution in [-0.4, -0.2) is 36.6 Å². The number of hydrogen-bond acceptors (Lipinski definition) is 5. The van der Waals surface area contributed by atoms with E-state index in [1.54, 1.807) is 11.3 Å². The molecule has 0 aliphatic carbocycles. The fourth-order valence-electron chi connectivity index (χ4n) is 2.21. The van der Waals surface area contributed by atoms with Gasteiger partial charge in [0.1, 0.15) is 5.76 Å². The molecular weight excluding hydrogens is 286 g/mol. The topological polar surface area (TPSA) is 58.4 Å². The molecular formula is C15H21N3O2S. The molecule has 0 saturated heterocycles. The number of amides is 1. The maximum Gasteiger partial charge on any atom is 0.224 e. The summed E-state index contributed by atoms with van der Waals surface area (Å²) in [5.74, 6) is 0.706. The molecule has 114 valence electrons. The van der Waals surface area contributed by atoms with Crippen molar-refractivity contribution in [2.45, 2.75) is 26.3 Å². The average Bonchev–Trinajstić information content (AvgIpc) is 3.04. The van der Waals surface area contributed by atoms with Gasteiger partial charge in [0.05, 0.1) is 18.2 Å². The third-order valence-corrected chi connectivity index (χ3v) is 4.48. The molecule has 2 rings (SSSR count). The summed E-state index contributed by atoms with van der Waals surface area (Å²) >= 11 is 1.70. The fourth-order valence-corrected chi connectivity index (χ4v) is 3.13. The lowest BCUT2D eigenvalue weighted by atomic mass is 10.1. The van der Waals surface area contributed by atoms with Crippen LogP contribution < -0.4 is 5.32 Å². The van der Waals surface area contributed by atoms with Crippen LogP contribution in [-0.2, 0) is 11.2 Å². The minimum Gasteiger partial charge on any atom is -0.361 e. The molecule has 2 aromatic rings. The van der Waals surface area contributed by atoms with Crippen LogP contribution >= 0.6 is 11.3 Å². The third kappa shape index (κ3) is 3.92. The Morgan fingerprint density at radius 1 is 1.48 bits per heavy atom. The summed E-state index contributed by atoms with van der Waals surface area (Å²) in [5.41, 5.74) is 1.66. The minimum atomic E-state index is -0.00666. The van der Waals surface area contributed by atoms with Crippen molar-refractivity contribution in [3.63, 3.8) is 0 Å². The van der Waals surface area contributed by atoms with E-state index in [0.717, 1.165) is 11.3 Å². The zero-order valence-electron chi connectivity index (χ0n) is 12.8. The van der Waals surface area contributed by atoms with E-state index in [1.165, 1.54) is 4.88 Å². The molecule has 1 N–H and O–H groups in total. The summed E-state index contributed by atoms with van der Waals surface area (Å²) in [5, 5.41) is 8.93. The number of rotatable bonds is 6. The fraction of sp³-hybridized carbons (Fsp3) is 0.467. The van der Waals surface area contributed by atoms with E-state index in [0.29, 0.717) is 18.7 Å². The third-order valence-electron chi connectivity index (χ3n) is 3.51. The molecule has 0 saturated carbocycles. The first-order chi connectivity index (χ1) is 9.99. The Labute approximate surface area is 128 Å². The molecule has 1 atom stereocenters. The highest BCUT2D eigenvalue weighted by atomic mass is 32.1. The molecule has 0 aromatic carbocycles. The number of carbonyl (C=O) groups is 1. The van der Waals surface area contributed by atoms with Gasteiger partial charge in [-0.1, -0.05) is 11.2 Å². The van der Waals surface area contributed by atoms with Crippen LogP contribution in [0.15, 0.2) is 22.0 Å². The second-order valence-corrected chi connectivity index (χ2v) is 6.26. The van der Waals surface area contributed by atoms with E-state index < -0.39 is 0 Å². The van der Waals surface area contributed by atoms with E-state index in [1.807, 2.05) is 34.0 Å². The van der Waals surface area contributed by atoms with Crippen LogP contribution in [0.4, 0.5) is 0 Å². The van der Waals surface area contributed by atoms with Crippen molar-refractivity contribution in [1.29, 1.82) is 0 Å². The predicted molar refractivity (Wildman–Crippen MR) is 83.4 cm³/mol. The molecule has 0 aliphatic heterocycles. The number of carbonyl (C=O) groups excluding carboxylic acids is 1. The predicted octanol–water partition coefficient (Wildman–Crippen LogP) is 2.31. The van der Waals surface area contributed by atoms with Gasteiger partial charge in [0.2, 0.25) is 5.91 Å². The molecule has 2 heterocycles. The van der Waals surface area contributed by atoms with Gasteiger partial charge >= 0.3 is 0 Å². The van der Waals surface area contributed by atoms with Crippen molar-refractivity contribution >= 4 is 17.2 Å². The maximum absolute atomic E-state index is 12.1. The van der Waals surface area contributed by atoms with Gasteiger partial charge in [-0.15, -0.1) is 11.3 Å². The van der Waals surface area contributed by atoms with Crippen molar-refractivity contribution < 1.29 is 9.32 Å². The van der Waals surface area contributed by atoms with Crippen LogP contribution in [0.2, 0.25) is 0 Å². The first kappa shape index (κ1) is 15.7. The molecule has 0 bridgehead atoms. The van der Waals surface area contributed by atoms with E-state index in [9.17, 15) is 4.79 Å². The molecule has 1 unspecified atom stereocenters. The quantitative estimate of drug-likeness (QED) is 0.890. The zero-order valence-corrected chi connectivity index (χ0v) is 13.7. The van der Waals surface area contributed by atoms with Crippen molar-refractivity contribution in [3.8, 4) is 0 Å². The van der Waals surface area contributed by atoms with Crippen LogP contribution in [0.1, 0.15) is 27.9 Å². The number of thiophene rings is 1. The molecule has 5 nitrogen and oxygen atoms in total. The molecule has 0 spiro atoms. The van der Waals surface area contributed by atoms with Gasteiger partial charge < -0.3 is 14.7 Å². The summed E-state index contributed by atoms with van der Waals surface area (Å²) in [4.78, 5) is 15.5. The Morgan fingerprint density at radius 2 is 2.24 bits per heavy atom. The summed E-state index contributed by atoms with van der Waals surface area (Å²) in [6.45, 7) is 4.28. The number of nitrogens with one attached hydrogen (secondary N) is 1. The van der Waals surface area contributed by atoms with Crippen molar-refractivity contribution in [1.82, 2.24) is 15.4 Å². The summed E-state index contributed by atoms with van der Waals surface area (Å²) in [6, 6.07) is 4.32. The lowest BCUT2D eigenvalue weighted by molar-refractivity contribution is -0.120. The van der Waals surface area contributed by atoms with E-state index in [4.69, 9.17) is 4.52 Å². The summed E-state index contributed by atoms with van der Waals surface area (Å²) < 4.78 is 5.08. The van der Waals surface area contributed by atoms with E-state index >= 15 is 0 Å². The molecule has 21 heavy (non-hydrogen) atoms. The highest BCUT2D eigenvalue weighted by molar-refractivity contribution is 7.10. The Morgan fingerprint density at radius 3 is 2.76 bits per heavy atom. The van der Waals surface area contributed by atoms with Crippen molar-refractivity contribution in [3.05, 3.63) is 39.4 Å². The zero-order chi connectivity index (χ0) is 15.4. The van der Waals surface area contributed by atoms with Gasteiger partial charge in [-0.25, -0.2) is 0 Å². The van der Waals surface area contributed by atoms with Gasteiger partial charge in [-0.05, 0) is 39.4 Å². The number of aryl methyl sites for hydroxylation is 2. The van der Waals surface area contributed by atoms with Crippen LogP contribution in [0.3, 0.4) is 0 Å². The van der Waals surface area contributed by atoms with Crippen LogP contribution in [0, 0.1) is 13.8 Å². The van der Waals surface area contributed by atoms with Gasteiger partial charge in [0, 0.05) is 17.0 Å². The van der Waals surface area contributed by atoms with E-state index in [2.05, 4.69) is 26.8 Å². The van der Waals surface area contributed by atoms with Gasteiger partial charge in [0.15, 0.2) is 0 Å². The maximum atomic E-state index is 12.1. The normalized spacial score (nSPS) is 12.6. The molecule has 0 fully saturated rings. The van der Waals surface area contributed by atoms with E-state index in [-0.39, 0.29) is 11.9 Å². The summed E-state index contributed by atoms with van der Waals surface area (Å²) in [7, 11) is 4.04. The highest BCUT2D eigenvalue weighted by Gasteiger charge is 2.18. The lowest BCUT2D eigenvalue weighted by Crippen LogP contribution is -2.35. The van der Waals surface area contributed by atoms with Gasteiger partial charge in [0.25, 0.3) is 0 Å². The van der Waals surface area contributed by atoms with Crippen molar-refractivity contribution in [2.24, 2.45) is 0 Å². The van der Waals surface area contributed by atoms with Gasteiger partial charge in [-0.2, -0.15) is 0 Å². The second-order valence-electron chi connectivity index (χ2n) is 5.28.